The van der Waals surface area contributed by atoms with Gasteiger partial charge in [0.05, 0.1) is 22.6 Å². The number of rotatable bonds is 6. The maximum atomic E-state index is 13.4. The maximum absolute atomic E-state index is 13.4. The van der Waals surface area contributed by atoms with E-state index in [-0.39, 0.29) is 0 Å². The minimum absolute atomic E-state index is 0.349. The molecule has 0 aliphatic carbocycles. The van der Waals surface area contributed by atoms with Crippen molar-refractivity contribution in [3.8, 4) is 0 Å². The van der Waals surface area contributed by atoms with Gasteiger partial charge >= 0.3 is 0 Å². The van der Waals surface area contributed by atoms with Gasteiger partial charge in [-0.15, -0.1) is 10.3 Å². The highest BCUT2D eigenvalue weighted by Crippen LogP contribution is 2.52. The van der Waals surface area contributed by atoms with E-state index in [1.54, 1.807) is 12.5 Å². The van der Waals surface area contributed by atoms with Crippen molar-refractivity contribution in [1.82, 2.24) is 5.06 Å². The van der Waals surface area contributed by atoms with Crippen molar-refractivity contribution in [2.45, 2.75) is 50.3 Å². The lowest BCUT2D eigenvalue weighted by Crippen LogP contribution is -2.47. The first-order chi connectivity index (χ1) is 14.5. The molecule has 0 fully saturated rings. The predicted octanol–water partition coefficient (Wildman–Crippen LogP) is 4.57. The van der Waals surface area contributed by atoms with Gasteiger partial charge < -0.3 is 0 Å². The molecule has 173 valence electrons. The van der Waals surface area contributed by atoms with Gasteiger partial charge in [-0.2, -0.15) is 0 Å². The first-order valence-electron chi connectivity index (χ1n) is 10.3. The van der Waals surface area contributed by atoms with E-state index in [1.807, 2.05) is 76.2 Å². The summed E-state index contributed by atoms with van der Waals surface area (Å²) in [5, 5.41) is 14.6. The van der Waals surface area contributed by atoms with Crippen LogP contribution in [0.1, 0.15) is 49.9 Å². The van der Waals surface area contributed by atoms with Crippen molar-refractivity contribution in [3.63, 3.8) is 0 Å². The van der Waals surface area contributed by atoms with Crippen LogP contribution in [0.3, 0.4) is 0 Å². The second-order valence-electron chi connectivity index (χ2n) is 9.70. The molecule has 8 heteroatoms. The zero-order valence-corrected chi connectivity index (χ0v) is 22.6. The highest BCUT2D eigenvalue weighted by atomic mass is 32.8. The van der Waals surface area contributed by atoms with Crippen molar-refractivity contribution in [3.05, 3.63) is 70.8 Å². The molecule has 0 N–H and O–H groups in total. The van der Waals surface area contributed by atoms with E-state index < -0.39 is 28.1 Å². The summed E-state index contributed by atoms with van der Waals surface area (Å²) in [6.45, 7) is 7.77. The Balaban J connectivity index is 2.15. The normalized spacial score (nSPS) is 21.8. The van der Waals surface area contributed by atoms with Gasteiger partial charge in [0.25, 0.3) is 0 Å². The standard InChI is InChI=1S/C24H30NO3S4/c1-23(2)21(19-11-7-17(8-12-19)15-31(5,27)29)22(24(3,4)25(23)26)20-13-9-18(10-14-20)16-32(6,28)30/h7-14H,15-16H2,1-6H3. The van der Waals surface area contributed by atoms with E-state index in [4.69, 9.17) is 22.4 Å². The largest absolute Gasteiger partial charge is 0.257 e. The highest BCUT2D eigenvalue weighted by Gasteiger charge is 2.52. The zero-order valence-electron chi connectivity index (χ0n) is 19.3. The third-order valence-corrected chi connectivity index (χ3v) is 8.25. The third-order valence-electron chi connectivity index (χ3n) is 5.83. The fraction of sp³-hybridized carbons (Fsp3) is 0.417. The number of nitrogens with zero attached hydrogens (tertiary/aromatic N) is 1. The van der Waals surface area contributed by atoms with Gasteiger partial charge in [-0.1, -0.05) is 48.5 Å². The van der Waals surface area contributed by atoms with Crippen molar-refractivity contribution < 1.29 is 13.6 Å². The zero-order chi connectivity index (χ0) is 24.1. The van der Waals surface area contributed by atoms with Crippen molar-refractivity contribution in [1.29, 1.82) is 0 Å². The summed E-state index contributed by atoms with van der Waals surface area (Å²) in [5.41, 5.74) is 4.20. The Morgan fingerprint density at radius 2 is 0.969 bits per heavy atom. The summed E-state index contributed by atoms with van der Waals surface area (Å²) in [4.78, 5) is 0. The van der Waals surface area contributed by atoms with E-state index in [9.17, 15) is 13.6 Å². The summed E-state index contributed by atoms with van der Waals surface area (Å²) >= 11 is 10.1. The van der Waals surface area contributed by atoms with E-state index in [1.165, 1.54) is 0 Å². The van der Waals surface area contributed by atoms with Crippen molar-refractivity contribution in [2.24, 2.45) is 0 Å². The Hall–Kier alpha value is -1.16. The molecular weight excluding hydrogens is 479 g/mol. The second-order valence-corrected chi connectivity index (χ2v) is 18.2. The van der Waals surface area contributed by atoms with Crippen molar-refractivity contribution >= 4 is 50.5 Å². The van der Waals surface area contributed by atoms with E-state index in [0.717, 1.165) is 38.5 Å². The highest BCUT2D eigenvalue weighted by molar-refractivity contribution is 8.32. The maximum Gasteiger partial charge on any atom is 0.0705 e. The lowest BCUT2D eigenvalue weighted by Gasteiger charge is -2.34. The van der Waals surface area contributed by atoms with E-state index >= 15 is 0 Å². The Kier molecular flexibility index (Phi) is 6.81. The minimum Gasteiger partial charge on any atom is -0.257 e. The quantitative estimate of drug-likeness (QED) is 0.572. The van der Waals surface area contributed by atoms with Gasteiger partial charge in [-0.05, 0) is 83.5 Å². The smallest absolute Gasteiger partial charge is 0.0705 e. The lowest BCUT2D eigenvalue weighted by atomic mass is 9.82. The number of hydrogen-bond donors (Lipinski definition) is 0. The van der Waals surface area contributed by atoms with Gasteiger partial charge in [0, 0.05) is 29.5 Å². The van der Waals surface area contributed by atoms with Crippen LogP contribution in [-0.4, -0.2) is 37.1 Å². The molecule has 2 atom stereocenters. The number of hydrogen-bond acceptors (Lipinski definition) is 5. The van der Waals surface area contributed by atoms with Crippen LogP contribution in [-0.2, 0) is 56.1 Å². The first-order valence-corrected chi connectivity index (χ1v) is 16.4. The SMILES string of the molecule is CC1(C)C(c2ccc(CS(C)(=O)=S)cc2)=C(c2ccc(CS(C)(=O)=S)cc2)C(C)(C)N1[O]. The molecule has 4 nitrogen and oxygen atoms in total. The fourth-order valence-corrected chi connectivity index (χ4v) is 7.06. The van der Waals surface area contributed by atoms with Gasteiger partial charge in [0.1, 0.15) is 0 Å². The van der Waals surface area contributed by atoms with Gasteiger partial charge in [-0.25, -0.2) is 0 Å². The van der Waals surface area contributed by atoms with Crippen LogP contribution in [0, 0.1) is 0 Å². The molecule has 0 aromatic heterocycles. The molecule has 1 aliphatic heterocycles. The fourth-order valence-electron chi connectivity index (χ4n) is 4.65. The summed E-state index contributed by atoms with van der Waals surface area (Å²) in [6.07, 6.45) is 3.17. The Morgan fingerprint density at radius 3 is 1.22 bits per heavy atom. The third kappa shape index (κ3) is 5.32. The van der Waals surface area contributed by atoms with Gasteiger partial charge in [-0.3, -0.25) is 8.42 Å². The summed E-state index contributed by atoms with van der Waals surface area (Å²) < 4.78 is 24.0. The minimum atomic E-state index is -2.30. The van der Waals surface area contributed by atoms with Crippen LogP contribution in [0.15, 0.2) is 48.5 Å². The van der Waals surface area contributed by atoms with E-state index in [0.29, 0.717) is 11.5 Å². The van der Waals surface area contributed by atoms with E-state index in [2.05, 4.69) is 0 Å². The molecular formula is C24H30NO3S4. The molecule has 2 aromatic carbocycles. The first kappa shape index (κ1) is 25.5. The Morgan fingerprint density at radius 1 is 0.688 bits per heavy atom. The average molecular weight is 509 g/mol. The predicted molar refractivity (Wildman–Crippen MR) is 141 cm³/mol. The van der Waals surface area contributed by atoms with Gasteiger partial charge in [0.2, 0.25) is 0 Å². The van der Waals surface area contributed by atoms with Crippen LogP contribution >= 0.6 is 0 Å². The molecule has 2 unspecified atom stereocenters. The summed E-state index contributed by atoms with van der Waals surface area (Å²) in [5.74, 6) is 0.698. The summed E-state index contributed by atoms with van der Waals surface area (Å²) in [7, 11) is -4.59. The topological polar surface area (TPSA) is 57.3 Å². The molecule has 32 heavy (non-hydrogen) atoms. The lowest BCUT2D eigenvalue weighted by molar-refractivity contribution is -0.232. The average Bonchev–Trinajstić information content (AvgIpc) is 2.77. The molecule has 0 spiro atoms. The summed E-state index contributed by atoms with van der Waals surface area (Å²) in [6, 6.07) is 15.7. The Labute approximate surface area is 202 Å². The molecule has 0 saturated heterocycles. The molecule has 0 bridgehead atoms. The molecule has 1 radical (unpaired) electrons. The second kappa shape index (κ2) is 8.56. The number of benzene rings is 2. The van der Waals surface area contributed by atoms with Crippen LogP contribution in [0.2, 0.25) is 0 Å². The molecule has 0 amide bonds. The van der Waals surface area contributed by atoms with Crippen LogP contribution in [0.4, 0.5) is 0 Å². The molecule has 1 heterocycles. The van der Waals surface area contributed by atoms with Crippen LogP contribution < -0.4 is 0 Å². The molecule has 0 saturated carbocycles. The van der Waals surface area contributed by atoms with Crippen molar-refractivity contribution in [2.75, 3.05) is 12.5 Å². The van der Waals surface area contributed by atoms with Crippen LogP contribution in [0.5, 0.6) is 0 Å². The van der Waals surface area contributed by atoms with Crippen LogP contribution in [0.25, 0.3) is 11.1 Å². The molecule has 2 aromatic rings. The van der Waals surface area contributed by atoms with Gasteiger partial charge in [0.15, 0.2) is 0 Å². The molecule has 1 aliphatic rings. The Bertz CT molecular complexity index is 1160. The number of hydroxylamine groups is 2. The molecule has 3 rings (SSSR count). The monoisotopic (exact) mass is 508 g/mol.